The van der Waals surface area contributed by atoms with Crippen LogP contribution in [0.2, 0.25) is 0 Å². The number of H-pyrrole nitrogens is 1. The van der Waals surface area contributed by atoms with Gasteiger partial charge in [-0.3, -0.25) is 14.9 Å². The maximum atomic E-state index is 15.3. The Morgan fingerprint density at radius 2 is 1.73 bits per heavy atom. The molecule has 1 aliphatic heterocycles. The van der Waals surface area contributed by atoms with Crippen molar-refractivity contribution in [1.82, 2.24) is 30.2 Å². The summed E-state index contributed by atoms with van der Waals surface area (Å²) in [5.74, 6) is 0.746. The maximum Gasteiger partial charge on any atom is 0.414 e. The number of nitrogens with one attached hydrogen (secondary N) is 2. The number of hydrogen-bond acceptors (Lipinski definition) is 10. The molecule has 2 fully saturated rings. The van der Waals surface area contributed by atoms with Crippen molar-refractivity contribution in [3.05, 3.63) is 48.5 Å². The summed E-state index contributed by atoms with van der Waals surface area (Å²) >= 11 is 0. The molecule has 3 atom stereocenters. The topological polar surface area (TPSA) is 148 Å². The molecule has 13 nitrogen and oxygen atoms in total. The van der Waals surface area contributed by atoms with Crippen LogP contribution in [-0.2, 0) is 9.47 Å². The molecule has 7 rings (SSSR count). The summed E-state index contributed by atoms with van der Waals surface area (Å²) in [5, 5.41) is 4.07. The second kappa shape index (κ2) is 11.2. The first kappa shape index (κ1) is 31.3. The first-order chi connectivity index (χ1) is 22.6. The fourth-order valence-corrected chi connectivity index (χ4v) is 6.23. The van der Waals surface area contributed by atoms with Crippen LogP contribution in [0.3, 0.4) is 0 Å². The predicted octanol–water partition coefficient (Wildman–Crippen LogP) is 6.32. The van der Waals surface area contributed by atoms with Gasteiger partial charge in [-0.25, -0.2) is 14.0 Å². The summed E-state index contributed by atoms with van der Waals surface area (Å²) in [6.07, 6.45) is 2.17. The van der Waals surface area contributed by atoms with E-state index in [1.807, 2.05) is 26.8 Å². The van der Waals surface area contributed by atoms with Crippen molar-refractivity contribution in [1.29, 1.82) is 0 Å². The van der Waals surface area contributed by atoms with Crippen LogP contribution < -0.4 is 19.9 Å². The average molecular weight is 657 g/mol. The lowest BCUT2D eigenvalue weighted by atomic mass is 10.1. The molecule has 1 aromatic carbocycles. The van der Waals surface area contributed by atoms with Gasteiger partial charge in [-0.1, -0.05) is 0 Å². The molecule has 0 spiro atoms. The molecule has 48 heavy (non-hydrogen) atoms. The normalized spacial score (nSPS) is 19.0. The highest BCUT2D eigenvalue weighted by Gasteiger charge is 2.57. The van der Waals surface area contributed by atoms with Crippen LogP contribution in [0.25, 0.3) is 33.0 Å². The number of pyridine rings is 2. The fraction of sp³-hybridized carbons (Fsp3) is 0.412. The number of nitrogens with zero attached hydrogens (tertiary/aromatic N) is 6. The quantitative estimate of drug-likeness (QED) is 0.220. The van der Waals surface area contributed by atoms with E-state index in [2.05, 4.69) is 30.2 Å². The van der Waals surface area contributed by atoms with Gasteiger partial charge < -0.3 is 29.4 Å². The van der Waals surface area contributed by atoms with Crippen LogP contribution in [-0.4, -0.2) is 74.5 Å². The van der Waals surface area contributed by atoms with Gasteiger partial charge in [0.25, 0.3) is 0 Å². The van der Waals surface area contributed by atoms with Crippen LogP contribution in [0.15, 0.2) is 42.7 Å². The van der Waals surface area contributed by atoms with E-state index < -0.39 is 29.2 Å². The average Bonchev–Trinajstić information content (AvgIpc) is 3.29. The number of halogens is 1. The van der Waals surface area contributed by atoms with Gasteiger partial charge in [0.15, 0.2) is 5.75 Å². The predicted molar refractivity (Wildman–Crippen MR) is 178 cm³/mol. The molecule has 14 heteroatoms. The SMILES string of the molecule is CN(C(=O)OC(C)(C)C)c1cc(F)cc2c1[nH]c1nc(Oc3cnc4cccnc4c3)nc(N3C[C@@H]4[C@H](C3)[C@H]4NC(=O)OC(C)(C)C)c12. The molecular formula is C34H37FN8O5. The van der Waals surface area contributed by atoms with Crippen molar-refractivity contribution in [3.8, 4) is 11.8 Å². The minimum absolute atomic E-state index is 0.0187. The number of ether oxygens (including phenoxy) is 3. The van der Waals surface area contributed by atoms with E-state index in [0.717, 1.165) is 0 Å². The molecule has 2 amide bonds. The third-order valence-electron chi connectivity index (χ3n) is 8.31. The molecule has 1 aliphatic carbocycles. The highest BCUT2D eigenvalue weighted by molar-refractivity contribution is 6.16. The number of fused-ring (bicyclic) bond motifs is 5. The molecule has 4 aromatic heterocycles. The molecule has 0 unspecified atom stereocenters. The number of piperidine rings is 1. The number of aromatic amines is 1. The molecule has 0 radical (unpaired) electrons. The molecule has 1 saturated carbocycles. The van der Waals surface area contributed by atoms with E-state index in [0.29, 0.717) is 57.6 Å². The Balaban J connectivity index is 1.27. The van der Waals surface area contributed by atoms with Crippen LogP contribution in [0.4, 0.5) is 25.5 Å². The second-order valence-electron chi connectivity index (χ2n) is 14.3. The third kappa shape index (κ3) is 6.09. The molecule has 0 bridgehead atoms. The van der Waals surface area contributed by atoms with Gasteiger partial charge in [-0.15, -0.1) is 0 Å². The van der Waals surface area contributed by atoms with Crippen molar-refractivity contribution in [2.75, 3.05) is 29.9 Å². The highest BCUT2D eigenvalue weighted by atomic mass is 19.1. The Kier molecular flexibility index (Phi) is 7.29. The van der Waals surface area contributed by atoms with Gasteiger partial charge in [0, 0.05) is 55.7 Å². The van der Waals surface area contributed by atoms with Gasteiger partial charge >= 0.3 is 18.2 Å². The lowest BCUT2D eigenvalue weighted by molar-refractivity contribution is 0.0516. The van der Waals surface area contributed by atoms with Crippen LogP contribution in [0.5, 0.6) is 11.8 Å². The molecule has 5 aromatic rings. The number of benzene rings is 1. The lowest BCUT2D eigenvalue weighted by Crippen LogP contribution is -2.38. The summed E-state index contributed by atoms with van der Waals surface area (Å²) in [4.78, 5) is 50.5. The first-order valence-corrected chi connectivity index (χ1v) is 15.8. The highest BCUT2D eigenvalue weighted by Crippen LogP contribution is 2.49. The Morgan fingerprint density at radius 3 is 2.44 bits per heavy atom. The van der Waals surface area contributed by atoms with Gasteiger partial charge in [0.05, 0.1) is 33.8 Å². The number of carbonyl (C=O) groups excluding carboxylic acids is 2. The molecule has 250 valence electrons. The molecule has 1 saturated heterocycles. The second-order valence-corrected chi connectivity index (χ2v) is 14.3. The summed E-state index contributed by atoms with van der Waals surface area (Å²) in [6.45, 7) is 12.0. The molecule has 5 heterocycles. The number of carbonyl (C=O) groups is 2. The Labute approximate surface area is 275 Å². The monoisotopic (exact) mass is 656 g/mol. The molecular weight excluding hydrogens is 619 g/mol. The lowest BCUT2D eigenvalue weighted by Gasteiger charge is -2.25. The van der Waals surface area contributed by atoms with E-state index in [1.54, 1.807) is 45.3 Å². The zero-order valence-corrected chi connectivity index (χ0v) is 27.8. The van der Waals surface area contributed by atoms with Gasteiger partial charge in [0.1, 0.15) is 28.5 Å². The number of rotatable bonds is 5. The Morgan fingerprint density at radius 1 is 1.00 bits per heavy atom. The summed E-state index contributed by atoms with van der Waals surface area (Å²) < 4.78 is 32.5. The van der Waals surface area contributed by atoms with Gasteiger partial charge in [0.2, 0.25) is 0 Å². The van der Waals surface area contributed by atoms with Crippen LogP contribution in [0, 0.1) is 17.7 Å². The summed E-state index contributed by atoms with van der Waals surface area (Å²) in [5.41, 5.74) is 1.18. The van der Waals surface area contributed by atoms with Crippen molar-refractivity contribution >= 4 is 56.7 Å². The van der Waals surface area contributed by atoms with Crippen molar-refractivity contribution in [2.24, 2.45) is 11.8 Å². The summed E-state index contributed by atoms with van der Waals surface area (Å²) in [6, 6.07) is 8.12. The van der Waals surface area contributed by atoms with Crippen LogP contribution in [0.1, 0.15) is 41.5 Å². The van der Waals surface area contributed by atoms with Crippen molar-refractivity contribution < 1.29 is 28.2 Å². The van der Waals surface area contributed by atoms with Gasteiger partial charge in [-0.05, 0) is 65.8 Å². The zero-order chi connectivity index (χ0) is 34.1. The zero-order valence-electron chi connectivity index (χ0n) is 27.8. The van der Waals surface area contributed by atoms with Crippen molar-refractivity contribution in [2.45, 2.75) is 58.8 Å². The number of hydrogen-bond donors (Lipinski definition) is 2. The maximum absolute atomic E-state index is 15.3. The molecule has 2 N–H and O–H groups in total. The smallest absolute Gasteiger partial charge is 0.414 e. The number of anilines is 2. The number of aromatic nitrogens is 5. The Bertz CT molecular complexity index is 2080. The van der Waals surface area contributed by atoms with Crippen LogP contribution >= 0.6 is 0 Å². The van der Waals surface area contributed by atoms with Crippen molar-refractivity contribution in [3.63, 3.8) is 0 Å². The van der Waals surface area contributed by atoms with E-state index >= 15 is 4.39 Å². The van der Waals surface area contributed by atoms with E-state index in [9.17, 15) is 9.59 Å². The third-order valence-corrected chi connectivity index (χ3v) is 8.31. The number of alkyl carbamates (subject to hydrolysis) is 1. The molecule has 2 aliphatic rings. The Hall–Kier alpha value is -5.27. The van der Waals surface area contributed by atoms with Gasteiger partial charge in [-0.2, -0.15) is 9.97 Å². The minimum Gasteiger partial charge on any atom is -0.444 e. The standard InChI is InChI=1S/C34H37FN8O5/c1-33(2,3)47-31(44)39-26-20-15-43(16-21(20)26)29-25-19-11-17(35)12-24(42(7)32(45)48-34(4,5)6)27(19)38-28(25)40-30(41-29)46-18-13-23-22(37-14-18)9-8-10-36-23/h8-14,20-21,26H,15-16H2,1-7H3,(H,39,44)(H,38,40,41)/t20-,21+,26+. The number of amides is 2. The minimum atomic E-state index is -0.747. The largest absolute Gasteiger partial charge is 0.444 e. The van der Waals surface area contributed by atoms with E-state index in [-0.39, 0.29) is 29.6 Å². The first-order valence-electron chi connectivity index (χ1n) is 15.8. The fourth-order valence-electron chi connectivity index (χ4n) is 6.23. The van der Waals surface area contributed by atoms with E-state index in [4.69, 9.17) is 19.2 Å². The van der Waals surface area contributed by atoms with E-state index in [1.165, 1.54) is 24.1 Å². The summed E-state index contributed by atoms with van der Waals surface area (Å²) in [7, 11) is 1.53.